The molecule has 19 heteroatoms. The minimum atomic E-state index is -4.97. The molecule has 0 aliphatic carbocycles. The van der Waals surface area contributed by atoms with Crippen molar-refractivity contribution in [1.29, 1.82) is 0 Å². The van der Waals surface area contributed by atoms with Gasteiger partial charge in [0.05, 0.1) is 26.4 Å². The van der Waals surface area contributed by atoms with Crippen LogP contribution >= 0.6 is 15.6 Å². The number of rotatable bonds is 93. The van der Waals surface area contributed by atoms with E-state index in [1.807, 2.05) is 0 Å². The van der Waals surface area contributed by atoms with Crippen molar-refractivity contribution < 1.29 is 80.2 Å². The summed E-state index contributed by atoms with van der Waals surface area (Å²) in [7, 11) is -9.94. The fraction of sp³-hybridized carbons (Fsp3) is 0.957. The maximum absolute atomic E-state index is 13.2. The zero-order valence-corrected chi connectivity index (χ0v) is 75.6. The second-order valence-corrected chi connectivity index (χ2v) is 36.6. The molecule has 0 spiro atoms. The Bertz CT molecular complexity index is 2120. The lowest BCUT2D eigenvalue weighted by molar-refractivity contribution is -0.161. The van der Waals surface area contributed by atoms with Crippen molar-refractivity contribution >= 4 is 39.5 Å². The minimum Gasteiger partial charge on any atom is -0.462 e. The van der Waals surface area contributed by atoms with E-state index >= 15 is 0 Å². The molecule has 3 unspecified atom stereocenters. The quantitative estimate of drug-likeness (QED) is 0.0222. The number of ether oxygens (including phenoxy) is 4. The minimum absolute atomic E-state index is 0.109. The van der Waals surface area contributed by atoms with Crippen LogP contribution in [-0.4, -0.2) is 96.7 Å². The van der Waals surface area contributed by atoms with Gasteiger partial charge in [-0.15, -0.1) is 0 Å². The Hall–Kier alpha value is -1.94. The molecule has 0 aromatic heterocycles. The molecule has 0 aromatic rings. The van der Waals surface area contributed by atoms with Gasteiger partial charge in [-0.05, 0) is 31.6 Å². The van der Waals surface area contributed by atoms with Crippen molar-refractivity contribution in [3.8, 4) is 0 Å². The highest BCUT2D eigenvalue weighted by Gasteiger charge is 2.31. The first-order valence-corrected chi connectivity index (χ1v) is 51.2. The van der Waals surface area contributed by atoms with Crippen molar-refractivity contribution in [2.45, 2.75) is 528 Å². The molecule has 0 fully saturated rings. The molecule has 112 heavy (non-hydrogen) atoms. The first-order chi connectivity index (χ1) is 54.6. The van der Waals surface area contributed by atoms with Crippen molar-refractivity contribution in [2.24, 2.45) is 5.92 Å². The molecule has 0 heterocycles. The monoisotopic (exact) mass is 1630 g/mol. The number of phosphoric acid groups is 2. The molecule has 3 N–H and O–H groups in total. The SMILES string of the molecule is CCCCCCCCCCCCCCCCCCCCCCCCC(=O)O[C@H](COC(=O)CCCCCCCCCCCCCCCCCCCCCC)COP(=O)(O)OC[C@@H](O)COP(=O)(O)OC[C@@H](COC(=O)CCCCCCCCCCC(C)CC)OC(=O)CCCCCCCCCCCCCCCCCCCC. The van der Waals surface area contributed by atoms with Crippen LogP contribution in [0.2, 0.25) is 0 Å². The molecule has 0 aliphatic rings. The number of unbranched alkanes of at least 4 members (excludes halogenated alkanes) is 64. The lowest BCUT2D eigenvalue weighted by Crippen LogP contribution is -2.30. The Labute approximate surface area is 689 Å². The topological polar surface area (TPSA) is 237 Å². The molecule has 0 saturated heterocycles. The normalized spacial score (nSPS) is 13.9. The first-order valence-electron chi connectivity index (χ1n) is 48.2. The Morgan fingerprint density at radius 3 is 0.634 bits per heavy atom. The molecule has 0 aliphatic heterocycles. The van der Waals surface area contributed by atoms with Gasteiger partial charge in [-0.2, -0.15) is 0 Å². The molecule has 0 saturated carbocycles. The van der Waals surface area contributed by atoms with Gasteiger partial charge in [0.15, 0.2) is 12.2 Å². The Kier molecular flexibility index (Phi) is 84.0. The summed E-state index contributed by atoms with van der Waals surface area (Å²) in [6.45, 7) is 7.41. The van der Waals surface area contributed by atoms with Gasteiger partial charge in [0, 0.05) is 25.7 Å². The highest BCUT2D eigenvalue weighted by atomic mass is 31.2. The zero-order chi connectivity index (χ0) is 81.8. The highest BCUT2D eigenvalue weighted by molar-refractivity contribution is 7.47. The summed E-state index contributed by atoms with van der Waals surface area (Å²) < 4.78 is 69.1. The zero-order valence-electron chi connectivity index (χ0n) is 73.8. The summed E-state index contributed by atoms with van der Waals surface area (Å²) in [4.78, 5) is 73.5. The summed E-state index contributed by atoms with van der Waals surface area (Å²) in [6, 6.07) is 0. The molecule has 0 bridgehead atoms. The van der Waals surface area contributed by atoms with Crippen LogP contribution < -0.4 is 0 Å². The average Bonchev–Trinajstić information content (AvgIpc) is 0.909. The fourth-order valence-corrected chi connectivity index (χ4v) is 16.3. The molecular formula is C93H182O17P2. The molecule has 6 atom stereocenters. The maximum Gasteiger partial charge on any atom is 0.472 e. The van der Waals surface area contributed by atoms with Gasteiger partial charge >= 0.3 is 39.5 Å². The standard InChI is InChI=1S/C93H182O17P2/c1-6-10-13-16-19-22-25-28-31-34-37-39-40-42-45-48-51-54-57-64-69-74-78-92(97)109-88(82-103-90(95)76-71-66-61-55-52-49-46-44-41-38-35-32-29-26-23-20-17-14-11-7-2)84-107-111(99,100)105-80-87(94)81-106-112(101,102)108-85-89(83-104-91(96)77-72-67-62-59-58-60-65-70-75-86(5)9-4)110-93(98)79-73-68-63-56-53-50-47-43-36-33-30-27-24-21-18-15-12-8-3/h86-89,94H,6-85H2,1-5H3,(H,99,100)(H,101,102)/t86?,87-,88-,89-/m1/s1. The third-order valence-corrected chi connectivity index (χ3v) is 24.3. The van der Waals surface area contributed by atoms with Crippen LogP contribution in [0.5, 0.6) is 0 Å². The van der Waals surface area contributed by atoms with Crippen LogP contribution in [0.1, 0.15) is 510 Å². The van der Waals surface area contributed by atoms with Crippen LogP contribution in [0.15, 0.2) is 0 Å². The summed E-state index contributed by atoms with van der Waals surface area (Å²) in [5, 5.41) is 10.7. The number of aliphatic hydroxyl groups excluding tert-OH is 1. The average molecular weight is 1630 g/mol. The van der Waals surface area contributed by atoms with Gasteiger partial charge in [0.1, 0.15) is 19.3 Å². The third kappa shape index (κ3) is 84.5. The number of carbonyl (C=O) groups is 4. The van der Waals surface area contributed by atoms with Gasteiger partial charge in [0.25, 0.3) is 0 Å². The fourth-order valence-electron chi connectivity index (χ4n) is 14.7. The Morgan fingerprint density at radius 2 is 0.429 bits per heavy atom. The Balaban J connectivity index is 5.24. The Morgan fingerprint density at radius 1 is 0.250 bits per heavy atom. The largest absolute Gasteiger partial charge is 0.472 e. The maximum atomic E-state index is 13.2. The van der Waals surface area contributed by atoms with Crippen molar-refractivity contribution in [1.82, 2.24) is 0 Å². The van der Waals surface area contributed by atoms with Crippen LogP contribution in [0.4, 0.5) is 0 Å². The summed E-state index contributed by atoms with van der Waals surface area (Å²) in [5.74, 6) is -1.31. The van der Waals surface area contributed by atoms with E-state index in [0.717, 1.165) is 95.8 Å². The van der Waals surface area contributed by atoms with Gasteiger partial charge in [-0.3, -0.25) is 37.3 Å². The second kappa shape index (κ2) is 85.5. The number of esters is 4. The van der Waals surface area contributed by atoms with Gasteiger partial charge in [0.2, 0.25) is 0 Å². The van der Waals surface area contributed by atoms with E-state index in [0.29, 0.717) is 25.7 Å². The molecular weight excluding hydrogens is 1450 g/mol. The van der Waals surface area contributed by atoms with E-state index in [1.165, 1.54) is 334 Å². The van der Waals surface area contributed by atoms with Gasteiger partial charge < -0.3 is 33.8 Å². The molecule has 0 amide bonds. The van der Waals surface area contributed by atoms with Crippen LogP contribution in [0.3, 0.4) is 0 Å². The van der Waals surface area contributed by atoms with Crippen molar-refractivity contribution in [2.75, 3.05) is 39.6 Å². The highest BCUT2D eigenvalue weighted by Crippen LogP contribution is 2.45. The third-order valence-electron chi connectivity index (χ3n) is 22.4. The van der Waals surface area contributed by atoms with E-state index in [-0.39, 0.29) is 25.7 Å². The summed E-state index contributed by atoms with van der Waals surface area (Å²) >= 11 is 0. The van der Waals surface area contributed by atoms with E-state index in [4.69, 9.17) is 37.0 Å². The smallest absolute Gasteiger partial charge is 0.462 e. The molecule has 0 rings (SSSR count). The number of hydrogen-bond acceptors (Lipinski definition) is 15. The number of aliphatic hydroxyl groups is 1. The van der Waals surface area contributed by atoms with E-state index in [9.17, 15) is 43.2 Å². The summed E-state index contributed by atoms with van der Waals surface area (Å²) in [5.41, 5.74) is 0. The lowest BCUT2D eigenvalue weighted by atomic mass is 9.99. The van der Waals surface area contributed by atoms with E-state index in [2.05, 4.69) is 34.6 Å². The number of carbonyl (C=O) groups excluding carboxylic acids is 4. The predicted octanol–water partition coefficient (Wildman–Crippen LogP) is 29.1. The molecule has 0 radical (unpaired) electrons. The molecule has 17 nitrogen and oxygen atoms in total. The summed E-state index contributed by atoms with van der Waals surface area (Å²) in [6.07, 6.45) is 82.1. The first kappa shape index (κ1) is 110. The van der Waals surface area contributed by atoms with Crippen LogP contribution in [0, 0.1) is 5.92 Å². The van der Waals surface area contributed by atoms with Crippen molar-refractivity contribution in [3.63, 3.8) is 0 Å². The lowest BCUT2D eigenvalue weighted by Gasteiger charge is -2.21. The number of hydrogen-bond donors (Lipinski definition) is 3. The van der Waals surface area contributed by atoms with Crippen LogP contribution in [0.25, 0.3) is 0 Å². The molecule has 666 valence electrons. The van der Waals surface area contributed by atoms with E-state index in [1.54, 1.807) is 0 Å². The van der Waals surface area contributed by atoms with Crippen molar-refractivity contribution in [3.05, 3.63) is 0 Å². The molecule has 0 aromatic carbocycles. The predicted molar refractivity (Wildman–Crippen MR) is 465 cm³/mol. The van der Waals surface area contributed by atoms with Crippen LogP contribution in [-0.2, 0) is 65.4 Å². The van der Waals surface area contributed by atoms with Gasteiger partial charge in [-0.1, -0.05) is 458 Å². The van der Waals surface area contributed by atoms with Gasteiger partial charge in [-0.25, -0.2) is 9.13 Å². The second-order valence-electron chi connectivity index (χ2n) is 33.6. The van der Waals surface area contributed by atoms with E-state index < -0.39 is 97.5 Å². The number of phosphoric ester groups is 2.